The minimum atomic E-state index is -0.961. The quantitative estimate of drug-likeness (QED) is 0.604. The van der Waals surface area contributed by atoms with Gasteiger partial charge in [-0.05, 0) is 19.1 Å². The summed E-state index contributed by atoms with van der Waals surface area (Å²) < 4.78 is 5.06. The number of hydrogen-bond acceptors (Lipinski definition) is 3. The first-order chi connectivity index (χ1) is 8.19. The zero-order valence-corrected chi connectivity index (χ0v) is 9.91. The van der Waals surface area contributed by atoms with Crippen LogP contribution in [0.3, 0.4) is 0 Å². The van der Waals surface area contributed by atoms with Crippen LogP contribution in [0.25, 0.3) is 0 Å². The molecule has 0 aromatic heterocycles. The summed E-state index contributed by atoms with van der Waals surface area (Å²) >= 11 is 0. The van der Waals surface area contributed by atoms with Gasteiger partial charge in [-0.25, -0.2) is 4.79 Å². The highest BCUT2D eigenvalue weighted by atomic mass is 16.5. The fourth-order valence-electron chi connectivity index (χ4n) is 1.37. The molecule has 0 saturated carbocycles. The van der Waals surface area contributed by atoms with Gasteiger partial charge in [0.2, 0.25) is 0 Å². The molecule has 1 rings (SSSR count). The summed E-state index contributed by atoms with van der Waals surface area (Å²) in [5.74, 6) is 5.35. The van der Waals surface area contributed by atoms with Gasteiger partial charge in [0.15, 0.2) is 0 Å². The number of aromatic carboxylic acids is 1. The number of carboxylic acid groups (broad SMARTS) is 1. The van der Waals surface area contributed by atoms with Crippen LogP contribution in [0.1, 0.15) is 23.7 Å². The van der Waals surface area contributed by atoms with E-state index in [2.05, 4.69) is 17.2 Å². The molecule has 0 aliphatic carbocycles. The molecule has 0 radical (unpaired) electrons. The zero-order valence-electron chi connectivity index (χ0n) is 9.91. The number of rotatable bonds is 5. The van der Waals surface area contributed by atoms with E-state index in [9.17, 15) is 4.79 Å². The van der Waals surface area contributed by atoms with Crippen LogP contribution in [0.4, 0.5) is 5.69 Å². The van der Waals surface area contributed by atoms with Crippen LogP contribution in [0.5, 0.6) is 5.75 Å². The number of ether oxygens (including phenoxy) is 1. The van der Waals surface area contributed by atoms with Crippen molar-refractivity contribution in [3.8, 4) is 17.6 Å². The molecule has 0 aliphatic rings. The van der Waals surface area contributed by atoms with Gasteiger partial charge in [-0.3, -0.25) is 0 Å². The Kier molecular flexibility index (Phi) is 4.89. The summed E-state index contributed by atoms with van der Waals surface area (Å²) in [6.45, 7) is 2.38. The zero-order chi connectivity index (χ0) is 12.7. The monoisotopic (exact) mass is 233 g/mol. The average molecular weight is 233 g/mol. The SMILES string of the molecule is CC#CCCNc1cc(OC)ccc1C(=O)O. The molecule has 0 heterocycles. The third kappa shape index (κ3) is 3.72. The summed E-state index contributed by atoms with van der Waals surface area (Å²) in [4.78, 5) is 11.0. The van der Waals surface area contributed by atoms with Crippen molar-refractivity contribution in [1.29, 1.82) is 0 Å². The highest BCUT2D eigenvalue weighted by Gasteiger charge is 2.10. The highest BCUT2D eigenvalue weighted by molar-refractivity contribution is 5.94. The second kappa shape index (κ2) is 6.44. The number of carbonyl (C=O) groups is 1. The summed E-state index contributed by atoms with van der Waals surface area (Å²) in [5, 5.41) is 12.1. The maximum absolute atomic E-state index is 11.0. The van der Waals surface area contributed by atoms with Crippen molar-refractivity contribution in [2.45, 2.75) is 13.3 Å². The third-order valence-electron chi connectivity index (χ3n) is 2.20. The molecule has 2 N–H and O–H groups in total. The Balaban J connectivity index is 2.84. The van der Waals surface area contributed by atoms with Crippen molar-refractivity contribution in [3.05, 3.63) is 23.8 Å². The summed E-state index contributed by atoms with van der Waals surface area (Å²) in [5.41, 5.74) is 0.782. The second-order valence-corrected chi connectivity index (χ2v) is 3.32. The highest BCUT2D eigenvalue weighted by Crippen LogP contribution is 2.22. The summed E-state index contributed by atoms with van der Waals surface area (Å²) in [6, 6.07) is 4.82. The number of anilines is 1. The molecule has 4 heteroatoms. The first-order valence-electron chi connectivity index (χ1n) is 5.24. The predicted molar refractivity (Wildman–Crippen MR) is 66.5 cm³/mol. The molecule has 4 nitrogen and oxygen atoms in total. The van der Waals surface area contributed by atoms with Crippen molar-refractivity contribution in [2.24, 2.45) is 0 Å². The fraction of sp³-hybridized carbons (Fsp3) is 0.308. The third-order valence-corrected chi connectivity index (χ3v) is 2.20. The topological polar surface area (TPSA) is 58.6 Å². The van der Waals surface area contributed by atoms with E-state index in [4.69, 9.17) is 9.84 Å². The van der Waals surface area contributed by atoms with Gasteiger partial charge in [0.05, 0.1) is 18.4 Å². The lowest BCUT2D eigenvalue weighted by Gasteiger charge is -2.10. The first-order valence-corrected chi connectivity index (χ1v) is 5.24. The van der Waals surface area contributed by atoms with E-state index < -0.39 is 5.97 Å². The molecular formula is C13H15NO3. The van der Waals surface area contributed by atoms with Gasteiger partial charge in [-0.2, -0.15) is 0 Å². The van der Waals surface area contributed by atoms with Gasteiger partial charge in [-0.15, -0.1) is 11.8 Å². The molecule has 0 unspecified atom stereocenters. The minimum Gasteiger partial charge on any atom is -0.497 e. The number of nitrogens with one attached hydrogen (secondary N) is 1. The van der Waals surface area contributed by atoms with Crippen LogP contribution in [-0.4, -0.2) is 24.7 Å². The van der Waals surface area contributed by atoms with Crippen LogP contribution >= 0.6 is 0 Å². The Morgan fingerprint density at radius 1 is 1.53 bits per heavy atom. The summed E-state index contributed by atoms with van der Waals surface area (Å²) in [7, 11) is 1.54. The second-order valence-electron chi connectivity index (χ2n) is 3.32. The number of carboxylic acids is 1. The number of benzene rings is 1. The van der Waals surface area contributed by atoms with Crippen LogP contribution in [0, 0.1) is 11.8 Å². The molecule has 0 atom stereocenters. The van der Waals surface area contributed by atoms with Gasteiger partial charge in [-0.1, -0.05) is 0 Å². The molecule has 1 aromatic carbocycles. The lowest BCUT2D eigenvalue weighted by Crippen LogP contribution is -2.07. The molecule has 0 fully saturated rings. The Hall–Kier alpha value is -2.15. The Bertz CT molecular complexity index is 457. The Morgan fingerprint density at radius 2 is 2.29 bits per heavy atom. The van der Waals surface area contributed by atoms with Crippen LogP contribution in [-0.2, 0) is 0 Å². The van der Waals surface area contributed by atoms with Crippen molar-refractivity contribution >= 4 is 11.7 Å². The van der Waals surface area contributed by atoms with E-state index in [1.807, 2.05) is 0 Å². The van der Waals surface area contributed by atoms with Crippen molar-refractivity contribution < 1.29 is 14.6 Å². The van der Waals surface area contributed by atoms with E-state index in [0.717, 1.165) is 0 Å². The van der Waals surface area contributed by atoms with E-state index in [0.29, 0.717) is 24.4 Å². The van der Waals surface area contributed by atoms with Gasteiger partial charge in [0.1, 0.15) is 5.75 Å². The maximum atomic E-state index is 11.0. The van der Waals surface area contributed by atoms with Gasteiger partial charge in [0.25, 0.3) is 0 Å². The van der Waals surface area contributed by atoms with E-state index in [1.165, 1.54) is 6.07 Å². The standard InChI is InChI=1S/C13H15NO3/c1-3-4-5-8-14-12-9-10(17-2)6-7-11(12)13(15)16/h6-7,9,14H,5,8H2,1-2H3,(H,15,16). The number of hydrogen-bond donors (Lipinski definition) is 2. The van der Waals surface area contributed by atoms with Crippen LogP contribution in [0.2, 0.25) is 0 Å². The van der Waals surface area contributed by atoms with Gasteiger partial charge in [0, 0.05) is 19.0 Å². The molecule has 90 valence electrons. The average Bonchev–Trinajstić information content (AvgIpc) is 2.34. The van der Waals surface area contributed by atoms with Crippen LogP contribution in [0.15, 0.2) is 18.2 Å². The van der Waals surface area contributed by atoms with Gasteiger partial charge < -0.3 is 15.2 Å². The van der Waals surface area contributed by atoms with Crippen molar-refractivity contribution in [2.75, 3.05) is 19.0 Å². The maximum Gasteiger partial charge on any atom is 0.337 e. The predicted octanol–water partition coefficient (Wildman–Crippen LogP) is 2.22. The molecule has 0 saturated heterocycles. The molecule has 0 aliphatic heterocycles. The van der Waals surface area contributed by atoms with E-state index in [1.54, 1.807) is 26.2 Å². The smallest absolute Gasteiger partial charge is 0.337 e. The molecule has 0 spiro atoms. The van der Waals surface area contributed by atoms with Crippen molar-refractivity contribution in [1.82, 2.24) is 0 Å². The normalized spacial score (nSPS) is 9.06. The first kappa shape index (κ1) is 12.9. The number of methoxy groups -OCH3 is 1. The molecular weight excluding hydrogens is 218 g/mol. The summed E-state index contributed by atoms with van der Waals surface area (Å²) in [6.07, 6.45) is 0.673. The van der Waals surface area contributed by atoms with Crippen LogP contribution < -0.4 is 10.1 Å². The fourth-order valence-corrected chi connectivity index (χ4v) is 1.37. The van der Waals surface area contributed by atoms with E-state index in [-0.39, 0.29) is 5.56 Å². The largest absolute Gasteiger partial charge is 0.497 e. The minimum absolute atomic E-state index is 0.232. The Morgan fingerprint density at radius 3 is 2.88 bits per heavy atom. The lowest BCUT2D eigenvalue weighted by atomic mass is 10.1. The van der Waals surface area contributed by atoms with E-state index >= 15 is 0 Å². The molecule has 17 heavy (non-hydrogen) atoms. The Labute approximate surface area is 101 Å². The molecule has 1 aromatic rings. The van der Waals surface area contributed by atoms with Crippen molar-refractivity contribution in [3.63, 3.8) is 0 Å². The molecule has 0 amide bonds. The molecule has 0 bridgehead atoms. The lowest BCUT2D eigenvalue weighted by molar-refractivity contribution is 0.0698. The van der Waals surface area contributed by atoms with Gasteiger partial charge >= 0.3 is 5.97 Å².